The molecule has 29 heavy (non-hydrogen) atoms. The molecule has 0 N–H and O–H groups in total. The highest BCUT2D eigenvalue weighted by molar-refractivity contribution is 5.29. The van der Waals surface area contributed by atoms with Gasteiger partial charge in [0.1, 0.15) is 5.75 Å². The molecule has 0 aliphatic heterocycles. The fourth-order valence-corrected chi connectivity index (χ4v) is 4.77. The van der Waals surface area contributed by atoms with E-state index >= 15 is 0 Å². The predicted molar refractivity (Wildman–Crippen MR) is 128 cm³/mol. The molecule has 1 aliphatic rings. The summed E-state index contributed by atoms with van der Waals surface area (Å²) in [5, 5.41) is 0. The van der Waals surface area contributed by atoms with Crippen LogP contribution in [0.1, 0.15) is 121 Å². The Labute approximate surface area is 181 Å². The molecule has 0 saturated heterocycles. The number of hydrogen-bond acceptors (Lipinski definition) is 1. The molecule has 0 amide bonds. The zero-order chi connectivity index (χ0) is 20.6. The van der Waals surface area contributed by atoms with E-state index in [1.807, 2.05) is 6.08 Å². The summed E-state index contributed by atoms with van der Waals surface area (Å²) in [6.07, 6.45) is 23.7. The van der Waals surface area contributed by atoms with Crippen LogP contribution in [-0.2, 0) is 0 Å². The second kappa shape index (κ2) is 15.6. The maximum atomic E-state index is 5.97. The Morgan fingerprint density at radius 3 is 2.14 bits per heavy atom. The number of allylic oxidation sites excluding steroid dienone is 1. The van der Waals surface area contributed by atoms with Crippen molar-refractivity contribution in [3.8, 4) is 5.75 Å². The minimum atomic E-state index is 0.776. The van der Waals surface area contributed by atoms with Gasteiger partial charge in [0, 0.05) is 0 Å². The summed E-state index contributed by atoms with van der Waals surface area (Å²) in [5.41, 5.74) is 1.53. The first-order valence-electron chi connectivity index (χ1n) is 12.7. The fourth-order valence-electron chi connectivity index (χ4n) is 4.77. The number of benzene rings is 1. The monoisotopic (exact) mass is 398 g/mol. The molecule has 0 unspecified atom stereocenters. The summed E-state index contributed by atoms with van der Waals surface area (Å²) in [6, 6.07) is 9.03. The van der Waals surface area contributed by atoms with Gasteiger partial charge < -0.3 is 4.74 Å². The van der Waals surface area contributed by atoms with Gasteiger partial charge in [0.25, 0.3) is 0 Å². The minimum Gasteiger partial charge on any atom is -0.494 e. The molecule has 164 valence electrons. The van der Waals surface area contributed by atoms with Crippen molar-refractivity contribution in [2.24, 2.45) is 5.92 Å². The summed E-state index contributed by atoms with van der Waals surface area (Å²) in [7, 11) is 0. The van der Waals surface area contributed by atoms with Gasteiger partial charge in [-0.3, -0.25) is 0 Å². The van der Waals surface area contributed by atoms with Gasteiger partial charge in [-0.25, -0.2) is 0 Å². The molecular formula is C28H46O. The number of ether oxygens (including phenoxy) is 1. The van der Waals surface area contributed by atoms with E-state index in [0.717, 1.165) is 24.2 Å². The van der Waals surface area contributed by atoms with Crippen molar-refractivity contribution in [2.45, 2.75) is 116 Å². The van der Waals surface area contributed by atoms with Crippen molar-refractivity contribution >= 4 is 0 Å². The van der Waals surface area contributed by atoms with Gasteiger partial charge in [-0.2, -0.15) is 0 Å². The first-order valence-corrected chi connectivity index (χ1v) is 12.7. The quantitative estimate of drug-likeness (QED) is 0.199. The molecule has 1 fully saturated rings. The summed E-state index contributed by atoms with van der Waals surface area (Å²) in [4.78, 5) is 0. The van der Waals surface area contributed by atoms with Crippen molar-refractivity contribution in [2.75, 3.05) is 6.61 Å². The highest BCUT2D eigenvalue weighted by Crippen LogP contribution is 2.38. The van der Waals surface area contributed by atoms with E-state index in [4.69, 9.17) is 4.74 Å². The normalized spacial score (nSPS) is 19.2. The standard InChI is InChI=1S/C28H46O/c1-3-5-7-8-9-10-11-12-14-24-29-28-22-20-27(21-23-28)26-18-16-25(17-19-26)15-13-6-4-2/h3,20-23,25-26H,1,4-19,24H2,2H3. The van der Waals surface area contributed by atoms with Crippen molar-refractivity contribution in [1.29, 1.82) is 0 Å². The average molecular weight is 399 g/mol. The molecule has 0 radical (unpaired) electrons. The van der Waals surface area contributed by atoms with E-state index < -0.39 is 0 Å². The predicted octanol–water partition coefficient (Wildman–Crippen LogP) is 9.23. The average Bonchev–Trinajstić information content (AvgIpc) is 2.76. The third-order valence-corrected chi connectivity index (χ3v) is 6.74. The van der Waals surface area contributed by atoms with Gasteiger partial charge in [0.15, 0.2) is 0 Å². The Bertz CT molecular complexity index is 510. The number of rotatable bonds is 16. The molecule has 1 aromatic rings. The van der Waals surface area contributed by atoms with Crippen LogP contribution in [0, 0.1) is 5.92 Å². The van der Waals surface area contributed by atoms with Crippen molar-refractivity contribution in [3.63, 3.8) is 0 Å². The first kappa shape index (κ1) is 24.0. The smallest absolute Gasteiger partial charge is 0.119 e. The molecule has 0 bridgehead atoms. The minimum absolute atomic E-state index is 0.776. The lowest BCUT2D eigenvalue weighted by Gasteiger charge is -2.29. The Kier molecular flexibility index (Phi) is 12.9. The molecule has 1 aliphatic carbocycles. The summed E-state index contributed by atoms with van der Waals surface area (Å²) in [6.45, 7) is 6.95. The molecule has 0 heterocycles. The Morgan fingerprint density at radius 1 is 0.828 bits per heavy atom. The van der Waals surface area contributed by atoms with Crippen LogP contribution in [0.25, 0.3) is 0 Å². The number of hydrogen-bond donors (Lipinski definition) is 0. The lowest BCUT2D eigenvalue weighted by atomic mass is 9.77. The van der Waals surface area contributed by atoms with Crippen LogP contribution in [0.15, 0.2) is 36.9 Å². The van der Waals surface area contributed by atoms with Gasteiger partial charge >= 0.3 is 0 Å². The molecule has 1 heteroatoms. The lowest BCUT2D eigenvalue weighted by Crippen LogP contribution is -2.13. The topological polar surface area (TPSA) is 9.23 Å². The van der Waals surface area contributed by atoms with Gasteiger partial charge in [-0.1, -0.05) is 82.9 Å². The van der Waals surface area contributed by atoms with E-state index in [1.165, 1.54) is 108 Å². The van der Waals surface area contributed by atoms with Crippen LogP contribution < -0.4 is 4.74 Å². The van der Waals surface area contributed by atoms with Gasteiger partial charge in [-0.05, 0) is 74.5 Å². The molecule has 1 nitrogen and oxygen atoms in total. The highest BCUT2D eigenvalue weighted by atomic mass is 16.5. The van der Waals surface area contributed by atoms with Crippen molar-refractivity contribution < 1.29 is 4.74 Å². The van der Waals surface area contributed by atoms with E-state index in [-0.39, 0.29) is 0 Å². The summed E-state index contributed by atoms with van der Waals surface area (Å²) < 4.78 is 5.97. The Balaban J connectivity index is 1.53. The highest BCUT2D eigenvalue weighted by Gasteiger charge is 2.21. The summed E-state index contributed by atoms with van der Waals surface area (Å²) >= 11 is 0. The molecule has 0 atom stereocenters. The maximum Gasteiger partial charge on any atom is 0.119 e. The second-order valence-corrected chi connectivity index (χ2v) is 9.18. The van der Waals surface area contributed by atoms with Crippen molar-refractivity contribution in [3.05, 3.63) is 42.5 Å². The SMILES string of the molecule is C=CCCCCCCCCCOc1ccc(C2CCC(CCCCC)CC2)cc1. The summed E-state index contributed by atoms with van der Waals surface area (Å²) in [5.74, 6) is 2.82. The van der Waals surface area contributed by atoms with Gasteiger partial charge in [0.2, 0.25) is 0 Å². The largest absolute Gasteiger partial charge is 0.494 e. The van der Waals surface area contributed by atoms with Crippen LogP contribution in [0.5, 0.6) is 5.75 Å². The first-order chi connectivity index (χ1) is 14.3. The molecule has 2 rings (SSSR count). The molecule has 0 spiro atoms. The van der Waals surface area contributed by atoms with Crippen LogP contribution in [0.3, 0.4) is 0 Å². The molecule has 0 aromatic heterocycles. The zero-order valence-electron chi connectivity index (χ0n) is 19.2. The molecule has 1 aromatic carbocycles. The lowest BCUT2D eigenvalue weighted by molar-refractivity contribution is 0.299. The fraction of sp³-hybridized carbons (Fsp3) is 0.714. The Morgan fingerprint density at radius 2 is 1.48 bits per heavy atom. The van der Waals surface area contributed by atoms with Gasteiger partial charge in [0.05, 0.1) is 6.61 Å². The third kappa shape index (κ3) is 10.4. The van der Waals surface area contributed by atoms with E-state index in [2.05, 4.69) is 37.8 Å². The van der Waals surface area contributed by atoms with Crippen LogP contribution in [-0.4, -0.2) is 6.61 Å². The number of unbranched alkanes of at least 4 members (excludes halogenated alkanes) is 9. The molecule has 1 saturated carbocycles. The Hall–Kier alpha value is -1.24. The maximum absolute atomic E-state index is 5.97. The van der Waals surface area contributed by atoms with Crippen molar-refractivity contribution in [1.82, 2.24) is 0 Å². The second-order valence-electron chi connectivity index (χ2n) is 9.18. The van der Waals surface area contributed by atoms with Crippen LogP contribution in [0.4, 0.5) is 0 Å². The van der Waals surface area contributed by atoms with Crippen LogP contribution in [0.2, 0.25) is 0 Å². The molecular weight excluding hydrogens is 352 g/mol. The van der Waals surface area contributed by atoms with Crippen LogP contribution >= 0.6 is 0 Å². The third-order valence-electron chi connectivity index (χ3n) is 6.74. The zero-order valence-corrected chi connectivity index (χ0v) is 19.2. The van der Waals surface area contributed by atoms with E-state index in [1.54, 1.807) is 0 Å². The van der Waals surface area contributed by atoms with Gasteiger partial charge in [-0.15, -0.1) is 6.58 Å². The van der Waals surface area contributed by atoms with E-state index in [0.29, 0.717) is 0 Å². The van der Waals surface area contributed by atoms with E-state index in [9.17, 15) is 0 Å².